The van der Waals surface area contributed by atoms with E-state index in [0.717, 1.165) is 25.1 Å². The van der Waals surface area contributed by atoms with Crippen LogP contribution in [0, 0.1) is 0 Å². The van der Waals surface area contributed by atoms with Crippen LogP contribution in [-0.2, 0) is 11.0 Å². The molecule has 4 rings (SSSR count). The Balaban J connectivity index is 1.45. The third-order valence-corrected chi connectivity index (χ3v) is 5.85. The van der Waals surface area contributed by atoms with E-state index in [1.807, 2.05) is 18.7 Å². The van der Waals surface area contributed by atoms with Crippen molar-refractivity contribution >= 4 is 11.8 Å². The number of hydrogen-bond donors (Lipinski definition) is 1. The van der Waals surface area contributed by atoms with Crippen molar-refractivity contribution in [3.63, 3.8) is 0 Å². The van der Waals surface area contributed by atoms with Crippen LogP contribution in [0.2, 0.25) is 0 Å². The fourth-order valence-electron chi connectivity index (χ4n) is 3.92. The lowest BCUT2D eigenvalue weighted by molar-refractivity contribution is -0.137. The Labute approximate surface area is 189 Å². The highest BCUT2D eigenvalue weighted by Gasteiger charge is 2.32. The molecule has 0 atom stereocenters. The molecule has 11 heteroatoms. The lowest BCUT2D eigenvalue weighted by Crippen LogP contribution is -2.51. The highest BCUT2D eigenvalue weighted by Crippen LogP contribution is 2.30. The summed E-state index contributed by atoms with van der Waals surface area (Å²) in [4.78, 5) is 32.9. The van der Waals surface area contributed by atoms with Crippen molar-refractivity contribution in [1.29, 1.82) is 0 Å². The van der Waals surface area contributed by atoms with Crippen LogP contribution in [0.5, 0.6) is 0 Å². The quantitative estimate of drug-likeness (QED) is 0.710. The molecular weight excluding hydrogens is 437 g/mol. The van der Waals surface area contributed by atoms with Gasteiger partial charge in [0.2, 0.25) is 5.91 Å². The third-order valence-electron chi connectivity index (χ3n) is 5.85. The number of carbonyl (C=O) groups excluding carboxylic acids is 2. The van der Waals surface area contributed by atoms with E-state index in [1.165, 1.54) is 16.9 Å². The third kappa shape index (κ3) is 5.35. The first-order valence-electron chi connectivity index (χ1n) is 11.1. The summed E-state index contributed by atoms with van der Waals surface area (Å²) in [6, 6.07) is 2.53. The lowest BCUT2D eigenvalue weighted by atomic mass is 10.0. The van der Waals surface area contributed by atoms with Crippen molar-refractivity contribution in [2.45, 2.75) is 44.8 Å². The molecule has 1 aliphatic heterocycles. The molecule has 2 fully saturated rings. The molecule has 1 saturated carbocycles. The zero-order valence-corrected chi connectivity index (χ0v) is 18.6. The Hall–Kier alpha value is -2.95. The standard InChI is InChI=1S/C22H27F3N6O2/c1-14(2)20-17(12-27-31(20)18-6-3-15(11-26-18)22(23,24)25)21(33)30-9-7-29(8-10-30)13-19(32)28-16-4-5-16/h3,6,11-12,14,16H,4-5,7-10,13H2,1-2H3,(H,28,32). The van der Waals surface area contributed by atoms with E-state index >= 15 is 0 Å². The summed E-state index contributed by atoms with van der Waals surface area (Å²) in [5.74, 6) is -0.0520. The summed E-state index contributed by atoms with van der Waals surface area (Å²) >= 11 is 0. The van der Waals surface area contributed by atoms with E-state index in [-0.39, 0.29) is 23.6 Å². The Bertz CT molecular complexity index is 1010. The molecule has 1 saturated heterocycles. The minimum absolute atomic E-state index is 0.0182. The molecule has 2 aromatic rings. The van der Waals surface area contributed by atoms with Gasteiger partial charge in [0.1, 0.15) is 0 Å². The van der Waals surface area contributed by atoms with E-state index in [2.05, 4.69) is 15.4 Å². The van der Waals surface area contributed by atoms with Gasteiger partial charge >= 0.3 is 6.18 Å². The fourth-order valence-corrected chi connectivity index (χ4v) is 3.92. The molecule has 1 N–H and O–H groups in total. The lowest BCUT2D eigenvalue weighted by Gasteiger charge is -2.34. The van der Waals surface area contributed by atoms with Crippen LogP contribution in [0.3, 0.4) is 0 Å². The van der Waals surface area contributed by atoms with E-state index < -0.39 is 11.7 Å². The van der Waals surface area contributed by atoms with E-state index in [4.69, 9.17) is 0 Å². The zero-order chi connectivity index (χ0) is 23.8. The van der Waals surface area contributed by atoms with Crippen LogP contribution < -0.4 is 5.32 Å². The molecule has 3 heterocycles. The Kier molecular flexibility index (Phi) is 6.42. The number of piperazine rings is 1. The molecule has 0 spiro atoms. The van der Waals surface area contributed by atoms with Crippen LogP contribution in [0.4, 0.5) is 13.2 Å². The molecule has 0 radical (unpaired) electrons. The maximum Gasteiger partial charge on any atom is 0.417 e. The van der Waals surface area contributed by atoms with Crippen molar-refractivity contribution in [2.75, 3.05) is 32.7 Å². The number of aromatic nitrogens is 3. The second-order valence-corrected chi connectivity index (χ2v) is 8.82. The smallest absolute Gasteiger partial charge is 0.352 e. The van der Waals surface area contributed by atoms with Crippen LogP contribution in [0.15, 0.2) is 24.5 Å². The van der Waals surface area contributed by atoms with Crippen molar-refractivity contribution in [1.82, 2.24) is 29.9 Å². The topological polar surface area (TPSA) is 83.4 Å². The molecule has 178 valence electrons. The van der Waals surface area contributed by atoms with Crippen molar-refractivity contribution in [3.8, 4) is 5.82 Å². The summed E-state index contributed by atoms with van der Waals surface area (Å²) < 4.78 is 40.0. The van der Waals surface area contributed by atoms with Gasteiger partial charge in [-0.1, -0.05) is 13.8 Å². The number of nitrogens with one attached hydrogen (secondary N) is 1. The van der Waals surface area contributed by atoms with Gasteiger partial charge in [0.05, 0.1) is 29.6 Å². The summed E-state index contributed by atoms with van der Waals surface area (Å²) in [5.41, 5.74) is 0.162. The second kappa shape index (κ2) is 9.12. The van der Waals surface area contributed by atoms with Crippen molar-refractivity contribution in [3.05, 3.63) is 41.3 Å². The predicted octanol–water partition coefficient (Wildman–Crippen LogP) is 2.45. The number of halogens is 3. The van der Waals surface area contributed by atoms with Crippen LogP contribution >= 0.6 is 0 Å². The van der Waals surface area contributed by atoms with Gasteiger partial charge < -0.3 is 10.2 Å². The molecule has 2 aliphatic rings. The maximum absolute atomic E-state index is 13.2. The van der Waals surface area contributed by atoms with Crippen LogP contribution in [0.25, 0.3) is 5.82 Å². The van der Waals surface area contributed by atoms with Gasteiger partial charge in [0, 0.05) is 38.4 Å². The number of nitrogens with zero attached hydrogens (tertiary/aromatic N) is 5. The molecule has 2 aromatic heterocycles. The minimum atomic E-state index is -4.47. The van der Waals surface area contributed by atoms with E-state index in [1.54, 1.807) is 4.90 Å². The van der Waals surface area contributed by atoms with Crippen LogP contribution in [0.1, 0.15) is 54.2 Å². The number of pyridine rings is 1. The Morgan fingerprint density at radius 1 is 1.12 bits per heavy atom. The number of rotatable bonds is 6. The highest BCUT2D eigenvalue weighted by atomic mass is 19.4. The van der Waals surface area contributed by atoms with Gasteiger partial charge in [-0.2, -0.15) is 18.3 Å². The second-order valence-electron chi connectivity index (χ2n) is 8.82. The van der Waals surface area contributed by atoms with Gasteiger partial charge in [0.15, 0.2) is 5.82 Å². The molecular formula is C22H27F3N6O2. The van der Waals surface area contributed by atoms with Gasteiger partial charge in [-0.3, -0.25) is 14.5 Å². The van der Waals surface area contributed by atoms with Crippen LogP contribution in [-0.4, -0.2) is 75.1 Å². The number of hydrogen-bond acceptors (Lipinski definition) is 5. The first-order valence-corrected chi connectivity index (χ1v) is 11.1. The monoisotopic (exact) mass is 464 g/mol. The van der Waals surface area contributed by atoms with Gasteiger partial charge in [-0.15, -0.1) is 0 Å². The first-order chi connectivity index (χ1) is 15.6. The summed E-state index contributed by atoms with van der Waals surface area (Å²) in [6.07, 6.45) is -0.171. The van der Waals surface area contributed by atoms with Crippen molar-refractivity contribution < 1.29 is 22.8 Å². The maximum atomic E-state index is 13.2. The normalized spacial score (nSPS) is 17.5. The average molecular weight is 464 g/mol. The fraction of sp³-hybridized carbons (Fsp3) is 0.545. The number of amides is 2. The number of carbonyl (C=O) groups is 2. The van der Waals surface area contributed by atoms with E-state index in [0.29, 0.717) is 50.0 Å². The zero-order valence-electron chi connectivity index (χ0n) is 18.6. The average Bonchev–Trinajstić information content (AvgIpc) is 3.46. The predicted molar refractivity (Wildman–Crippen MR) is 114 cm³/mol. The molecule has 33 heavy (non-hydrogen) atoms. The SMILES string of the molecule is CC(C)c1c(C(=O)N2CCN(CC(=O)NC3CC3)CC2)cnn1-c1ccc(C(F)(F)F)cn1. The highest BCUT2D eigenvalue weighted by molar-refractivity contribution is 5.95. The largest absolute Gasteiger partial charge is 0.417 e. The van der Waals surface area contributed by atoms with E-state index in [9.17, 15) is 22.8 Å². The Morgan fingerprint density at radius 3 is 2.36 bits per heavy atom. The molecule has 0 bridgehead atoms. The molecule has 2 amide bonds. The molecule has 0 unspecified atom stereocenters. The Morgan fingerprint density at radius 2 is 1.82 bits per heavy atom. The van der Waals surface area contributed by atoms with Gasteiger partial charge in [-0.05, 0) is 30.9 Å². The summed E-state index contributed by atoms with van der Waals surface area (Å²) in [7, 11) is 0. The van der Waals surface area contributed by atoms with Gasteiger partial charge in [-0.25, -0.2) is 9.67 Å². The minimum Gasteiger partial charge on any atom is -0.352 e. The molecule has 0 aromatic carbocycles. The first kappa shape index (κ1) is 23.2. The summed E-state index contributed by atoms with van der Waals surface area (Å²) in [6.45, 7) is 6.27. The van der Waals surface area contributed by atoms with Crippen molar-refractivity contribution in [2.24, 2.45) is 0 Å². The summed E-state index contributed by atoms with van der Waals surface area (Å²) in [5, 5.41) is 7.24. The number of alkyl halides is 3. The molecule has 1 aliphatic carbocycles. The molecule has 8 nitrogen and oxygen atoms in total. The van der Waals surface area contributed by atoms with Gasteiger partial charge in [0.25, 0.3) is 5.91 Å².